The summed E-state index contributed by atoms with van der Waals surface area (Å²) in [5.74, 6) is -1.66. The summed E-state index contributed by atoms with van der Waals surface area (Å²) in [6.07, 6.45) is 0. The number of carbonyl (C=O) groups excluding carboxylic acids is 1. The fraction of sp³-hybridized carbons (Fsp3) is 0.400. The lowest BCUT2D eigenvalue weighted by Crippen LogP contribution is -2.48. The van der Waals surface area contributed by atoms with Crippen LogP contribution in [0.5, 0.6) is 34.5 Å². The molecule has 2 aromatic carbocycles. The molecule has 38 heavy (non-hydrogen) atoms. The SMILES string of the molecule is COc1cc(CN2CCN(C(=O)c3cc(OC)c(OC)c(OC)c3)CC2)cc(OC)c1O.O=C(O)C(=O)O. The predicted octanol–water partition coefficient (Wildman–Crippen LogP) is 1.55. The fourth-order valence-corrected chi connectivity index (χ4v) is 3.79. The average molecular weight is 537 g/mol. The van der Waals surface area contributed by atoms with E-state index in [0.29, 0.717) is 67.0 Å². The Bertz CT molecular complexity index is 1080. The summed E-state index contributed by atoms with van der Waals surface area (Å²) >= 11 is 0. The Morgan fingerprint density at radius 1 is 0.711 bits per heavy atom. The van der Waals surface area contributed by atoms with Gasteiger partial charge in [0.05, 0.1) is 35.5 Å². The van der Waals surface area contributed by atoms with Crippen LogP contribution in [0.4, 0.5) is 0 Å². The molecule has 1 aliphatic heterocycles. The zero-order chi connectivity index (χ0) is 28.4. The number of amides is 1. The van der Waals surface area contributed by atoms with Crippen molar-refractivity contribution in [3.8, 4) is 34.5 Å². The van der Waals surface area contributed by atoms with Gasteiger partial charge in [0.15, 0.2) is 23.0 Å². The Hall–Kier alpha value is -4.39. The number of phenolic OH excluding ortho intramolecular Hbond substituents is 1. The number of piperazine rings is 1. The van der Waals surface area contributed by atoms with Crippen molar-refractivity contribution in [2.24, 2.45) is 0 Å². The van der Waals surface area contributed by atoms with Crippen LogP contribution >= 0.6 is 0 Å². The highest BCUT2D eigenvalue weighted by atomic mass is 16.5. The average Bonchev–Trinajstić information content (AvgIpc) is 2.93. The van der Waals surface area contributed by atoms with E-state index in [1.165, 1.54) is 35.5 Å². The molecular formula is C25H32N2O11. The third-order valence-electron chi connectivity index (χ3n) is 5.70. The standard InChI is InChI=1S/C23H30N2O7.C2H2O4/c1-28-17-10-15(11-18(29-2)21(17)26)14-24-6-8-25(9-7-24)23(27)16-12-19(30-3)22(32-5)20(13-16)31-4;3-1(4)2(5)6/h10-13,26H,6-9,14H2,1-5H3;(H,3,4)(H,5,6). The van der Waals surface area contributed by atoms with Crippen molar-refractivity contribution in [3.05, 3.63) is 35.4 Å². The molecule has 1 saturated heterocycles. The molecule has 1 heterocycles. The lowest BCUT2D eigenvalue weighted by Gasteiger charge is -2.35. The van der Waals surface area contributed by atoms with Gasteiger partial charge < -0.3 is 43.9 Å². The summed E-state index contributed by atoms with van der Waals surface area (Å²) in [6, 6.07) is 6.94. The van der Waals surface area contributed by atoms with E-state index in [-0.39, 0.29) is 11.7 Å². The first-order chi connectivity index (χ1) is 18.1. The highest BCUT2D eigenvalue weighted by molar-refractivity contribution is 6.27. The van der Waals surface area contributed by atoms with E-state index in [1.54, 1.807) is 24.3 Å². The predicted molar refractivity (Wildman–Crippen MR) is 134 cm³/mol. The summed E-state index contributed by atoms with van der Waals surface area (Å²) in [6.45, 7) is 3.24. The first-order valence-corrected chi connectivity index (χ1v) is 11.3. The minimum atomic E-state index is -1.82. The molecule has 3 rings (SSSR count). The van der Waals surface area contributed by atoms with E-state index in [1.807, 2.05) is 4.90 Å². The monoisotopic (exact) mass is 536 g/mol. The summed E-state index contributed by atoms with van der Waals surface area (Å²) in [5, 5.41) is 24.9. The Morgan fingerprint density at radius 2 is 1.16 bits per heavy atom. The van der Waals surface area contributed by atoms with E-state index in [0.717, 1.165) is 5.56 Å². The maximum absolute atomic E-state index is 13.1. The van der Waals surface area contributed by atoms with Crippen molar-refractivity contribution >= 4 is 17.8 Å². The van der Waals surface area contributed by atoms with Gasteiger partial charge in [-0.05, 0) is 29.8 Å². The second kappa shape index (κ2) is 13.8. The van der Waals surface area contributed by atoms with E-state index < -0.39 is 11.9 Å². The summed E-state index contributed by atoms with van der Waals surface area (Å²) in [7, 11) is 7.59. The smallest absolute Gasteiger partial charge is 0.414 e. The third kappa shape index (κ3) is 7.32. The molecule has 0 unspecified atom stereocenters. The van der Waals surface area contributed by atoms with Crippen LogP contribution in [0.2, 0.25) is 0 Å². The van der Waals surface area contributed by atoms with Crippen molar-refractivity contribution in [1.82, 2.24) is 9.80 Å². The number of nitrogens with zero attached hydrogens (tertiary/aromatic N) is 2. The van der Waals surface area contributed by atoms with Crippen LogP contribution in [0.25, 0.3) is 0 Å². The normalized spacial score (nSPS) is 13.0. The first kappa shape index (κ1) is 29.8. The van der Waals surface area contributed by atoms with Crippen LogP contribution in [-0.2, 0) is 16.1 Å². The fourth-order valence-electron chi connectivity index (χ4n) is 3.79. The summed E-state index contributed by atoms with van der Waals surface area (Å²) < 4.78 is 26.5. The lowest BCUT2D eigenvalue weighted by molar-refractivity contribution is -0.159. The number of aromatic hydroxyl groups is 1. The number of carboxylic acids is 2. The van der Waals surface area contributed by atoms with Gasteiger partial charge in [-0.3, -0.25) is 9.69 Å². The molecule has 0 saturated carbocycles. The van der Waals surface area contributed by atoms with Gasteiger partial charge in [-0.25, -0.2) is 9.59 Å². The van der Waals surface area contributed by atoms with E-state index in [9.17, 15) is 9.90 Å². The van der Waals surface area contributed by atoms with Crippen molar-refractivity contribution in [2.45, 2.75) is 6.54 Å². The second-order valence-electron chi connectivity index (χ2n) is 7.94. The van der Waals surface area contributed by atoms with E-state index in [4.69, 9.17) is 43.5 Å². The minimum absolute atomic E-state index is 0.0143. The van der Waals surface area contributed by atoms with Crippen molar-refractivity contribution in [2.75, 3.05) is 61.7 Å². The number of ether oxygens (including phenoxy) is 5. The molecule has 1 fully saturated rings. The van der Waals surface area contributed by atoms with E-state index >= 15 is 0 Å². The molecule has 0 spiro atoms. The van der Waals surface area contributed by atoms with Crippen LogP contribution in [0.15, 0.2) is 24.3 Å². The molecule has 0 bridgehead atoms. The highest BCUT2D eigenvalue weighted by Gasteiger charge is 2.25. The number of hydrogen-bond donors (Lipinski definition) is 3. The minimum Gasteiger partial charge on any atom is -0.502 e. The summed E-state index contributed by atoms with van der Waals surface area (Å²) in [4.78, 5) is 35.4. The molecule has 1 aliphatic rings. The zero-order valence-electron chi connectivity index (χ0n) is 21.8. The molecule has 0 aromatic heterocycles. The Kier molecular flexibility index (Phi) is 10.8. The van der Waals surface area contributed by atoms with Crippen LogP contribution in [0.3, 0.4) is 0 Å². The topological polar surface area (TPSA) is 165 Å². The highest BCUT2D eigenvalue weighted by Crippen LogP contribution is 2.39. The number of aliphatic carboxylic acids is 2. The molecule has 13 nitrogen and oxygen atoms in total. The number of benzene rings is 2. The maximum atomic E-state index is 13.1. The molecule has 1 amide bonds. The molecular weight excluding hydrogens is 504 g/mol. The molecule has 208 valence electrons. The van der Waals surface area contributed by atoms with Crippen molar-refractivity contribution in [1.29, 1.82) is 0 Å². The van der Waals surface area contributed by atoms with Crippen LogP contribution in [-0.4, -0.2) is 105 Å². The van der Waals surface area contributed by atoms with Crippen LogP contribution < -0.4 is 23.7 Å². The maximum Gasteiger partial charge on any atom is 0.414 e. The van der Waals surface area contributed by atoms with Crippen molar-refractivity contribution in [3.63, 3.8) is 0 Å². The van der Waals surface area contributed by atoms with Gasteiger partial charge in [-0.15, -0.1) is 0 Å². The van der Waals surface area contributed by atoms with Gasteiger partial charge in [-0.2, -0.15) is 0 Å². The zero-order valence-corrected chi connectivity index (χ0v) is 21.8. The Morgan fingerprint density at radius 3 is 1.53 bits per heavy atom. The van der Waals surface area contributed by atoms with Crippen LogP contribution in [0.1, 0.15) is 15.9 Å². The van der Waals surface area contributed by atoms with Crippen molar-refractivity contribution < 1.29 is 53.4 Å². The molecule has 0 atom stereocenters. The van der Waals surface area contributed by atoms with Gasteiger partial charge in [0.1, 0.15) is 0 Å². The summed E-state index contributed by atoms with van der Waals surface area (Å²) in [5.41, 5.74) is 1.45. The van der Waals surface area contributed by atoms with E-state index in [2.05, 4.69) is 4.90 Å². The van der Waals surface area contributed by atoms with Gasteiger partial charge in [-0.1, -0.05) is 0 Å². The number of carbonyl (C=O) groups is 3. The van der Waals surface area contributed by atoms with Gasteiger partial charge in [0, 0.05) is 38.3 Å². The number of hydrogen-bond acceptors (Lipinski definition) is 10. The molecule has 2 aromatic rings. The largest absolute Gasteiger partial charge is 0.502 e. The number of methoxy groups -OCH3 is 5. The number of rotatable bonds is 8. The molecule has 0 aliphatic carbocycles. The van der Waals surface area contributed by atoms with Gasteiger partial charge in [0.25, 0.3) is 5.91 Å². The van der Waals surface area contributed by atoms with Gasteiger partial charge in [0.2, 0.25) is 11.5 Å². The second-order valence-corrected chi connectivity index (χ2v) is 7.94. The molecule has 13 heteroatoms. The Balaban J connectivity index is 0.000000757. The van der Waals surface area contributed by atoms with Crippen LogP contribution in [0, 0.1) is 0 Å². The quantitative estimate of drug-likeness (QED) is 0.418. The third-order valence-corrected chi connectivity index (χ3v) is 5.70. The number of carboxylic acid groups (broad SMARTS) is 2. The van der Waals surface area contributed by atoms with Gasteiger partial charge >= 0.3 is 11.9 Å². The first-order valence-electron chi connectivity index (χ1n) is 11.3. The molecule has 0 radical (unpaired) electrons. The lowest BCUT2D eigenvalue weighted by atomic mass is 10.1. The molecule has 3 N–H and O–H groups in total. The number of phenols is 1. The Labute approximate surface area is 219 Å².